The van der Waals surface area contributed by atoms with Gasteiger partial charge in [-0.15, -0.1) is 5.10 Å². The number of hydrogen-bond acceptors (Lipinski definition) is 4. The van der Waals surface area contributed by atoms with E-state index >= 15 is 0 Å². The Morgan fingerprint density at radius 1 is 1.47 bits per heavy atom. The molecule has 1 aromatic carbocycles. The van der Waals surface area contributed by atoms with Gasteiger partial charge in [-0.25, -0.2) is 4.39 Å². The highest BCUT2D eigenvalue weighted by atomic mass is 35.5. The van der Waals surface area contributed by atoms with Gasteiger partial charge in [0.2, 0.25) is 0 Å². The predicted octanol–water partition coefficient (Wildman–Crippen LogP) is 1.45. The van der Waals surface area contributed by atoms with Gasteiger partial charge in [0.1, 0.15) is 11.5 Å². The lowest BCUT2D eigenvalue weighted by Crippen LogP contribution is -2.10. The molecule has 1 aromatic heterocycles. The number of halogens is 2. The van der Waals surface area contributed by atoms with Crippen molar-refractivity contribution in [1.82, 2.24) is 15.0 Å². The number of Topliss-reactive ketones (excluding diaryl/α,β-unsaturated/α-hetero) is 1. The second-order valence-electron chi connectivity index (χ2n) is 3.96. The Kier molecular flexibility index (Phi) is 4.24. The summed E-state index contributed by atoms with van der Waals surface area (Å²) in [7, 11) is 0. The van der Waals surface area contributed by atoms with Gasteiger partial charge in [-0.05, 0) is 12.1 Å². The van der Waals surface area contributed by atoms with Gasteiger partial charge in [0.15, 0.2) is 5.78 Å². The Balaban J connectivity index is 2.16. The van der Waals surface area contributed by atoms with Gasteiger partial charge in [-0.3, -0.25) is 9.48 Å². The molecule has 0 unspecified atom stereocenters. The lowest BCUT2D eigenvalue weighted by atomic mass is 10.1. The molecular weight excluding hydrogens is 271 g/mol. The van der Waals surface area contributed by atoms with Crippen molar-refractivity contribution in [3.8, 4) is 0 Å². The fourth-order valence-corrected chi connectivity index (χ4v) is 1.85. The van der Waals surface area contributed by atoms with Gasteiger partial charge in [0.25, 0.3) is 0 Å². The maximum Gasteiger partial charge on any atom is 0.189 e. The molecule has 5 nitrogen and oxygen atoms in total. The molecule has 19 heavy (non-hydrogen) atoms. The minimum atomic E-state index is -0.504. The number of nitrogens with two attached hydrogens (primary N) is 1. The van der Waals surface area contributed by atoms with Crippen LogP contribution in [0.4, 0.5) is 4.39 Å². The third-order valence-corrected chi connectivity index (χ3v) is 2.94. The van der Waals surface area contributed by atoms with Crippen LogP contribution in [-0.4, -0.2) is 27.3 Å². The van der Waals surface area contributed by atoms with Crippen molar-refractivity contribution in [3.63, 3.8) is 0 Å². The van der Waals surface area contributed by atoms with Crippen LogP contribution in [0.5, 0.6) is 0 Å². The van der Waals surface area contributed by atoms with Crippen LogP contribution >= 0.6 is 11.6 Å². The molecule has 1 heterocycles. The van der Waals surface area contributed by atoms with Crippen molar-refractivity contribution < 1.29 is 9.18 Å². The number of benzene rings is 1. The summed E-state index contributed by atoms with van der Waals surface area (Å²) in [5.41, 5.74) is 5.71. The molecule has 0 aliphatic rings. The molecule has 7 heteroatoms. The van der Waals surface area contributed by atoms with Crippen molar-refractivity contribution in [2.45, 2.75) is 13.0 Å². The number of nitrogens with zero attached hydrogens (tertiary/aromatic N) is 3. The Morgan fingerprint density at radius 3 is 2.95 bits per heavy atom. The molecule has 0 saturated carbocycles. The number of hydrogen-bond donors (Lipinski definition) is 1. The minimum absolute atomic E-state index is 0.146. The summed E-state index contributed by atoms with van der Waals surface area (Å²) >= 11 is 5.87. The van der Waals surface area contributed by atoms with Crippen LogP contribution in [0.25, 0.3) is 0 Å². The molecule has 0 atom stereocenters. The van der Waals surface area contributed by atoms with E-state index in [1.807, 2.05) is 0 Å². The number of rotatable bonds is 5. The zero-order chi connectivity index (χ0) is 13.8. The van der Waals surface area contributed by atoms with E-state index in [9.17, 15) is 9.18 Å². The van der Waals surface area contributed by atoms with Crippen LogP contribution in [0.2, 0.25) is 5.02 Å². The van der Waals surface area contributed by atoms with Crippen molar-refractivity contribution in [1.29, 1.82) is 0 Å². The summed E-state index contributed by atoms with van der Waals surface area (Å²) in [4.78, 5) is 12.0. The number of ketones is 1. The monoisotopic (exact) mass is 282 g/mol. The van der Waals surface area contributed by atoms with E-state index in [1.54, 1.807) is 6.07 Å². The van der Waals surface area contributed by atoms with Gasteiger partial charge in [0, 0.05) is 23.6 Å². The van der Waals surface area contributed by atoms with Gasteiger partial charge < -0.3 is 5.73 Å². The zero-order valence-corrected chi connectivity index (χ0v) is 10.8. The van der Waals surface area contributed by atoms with Crippen LogP contribution in [0, 0.1) is 5.82 Å². The van der Waals surface area contributed by atoms with Crippen LogP contribution in [0.3, 0.4) is 0 Å². The second-order valence-corrected chi connectivity index (χ2v) is 4.36. The summed E-state index contributed by atoms with van der Waals surface area (Å²) < 4.78 is 15.0. The Morgan fingerprint density at radius 2 is 2.26 bits per heavy atom. The van der Waals surface area contributed by atoms with E-state index < -0.39 is 5.82 Å². The Labute approximate surface area is 114 Å². The van der Waals surface area contributed by atoms with Crippen molar-refractivity contribution in [2.75, 3.05) is 6.54 Å². The first-order valence-electron chi connectivity index (χ1n) is 5.68. The maximum absolute atomic E-state index is 13.6. The first-order valence-corrected chi connectivity index (χ1v) is 6.06. The van der Waals surface area contributed by atoms with E-state index in [1.165, 1.54) is 23.0 Å². The number of aromatic nitrogens is 3. The largest absolute Gasteiger partial charge is 0.329 e. The normalized spacial score (nSPS) is 10.7. The molecule has 0 aliphatic heterocycles. The third-order valence-electron chi connectivity index (χ3n) is 2.58. The Bertz CT molecular complexity index is 579. The predicted molar refractivity (Wildman–Crippen MR) is 68.5 cm³/mol. The molecule has 0 spiro atoms. The Hall–Kier alpha value is -1.79. The molecule has 0 radical (unpaired) electrons. The van der Waals surface area contributed by atoms with Crippen LogP contribution in [0.1, 0.15) is 16.1 Å². The van der Waals surface area contributed by atoms with Gasteiger partial charge >= 0.3 is 0 Å². The summed E-state index contributed by atoms with van der Waals surface area (Å²) in [5, 5.41) is 7.71. The lowest BCUT2D eigenvalue weighted by Gasteiger charge is -2.03. The number of carbonyl (C=O) groups is 1. The SMILES string of the molecule is NCCn1cc(C(=O)Cc2c(F)cccc2Cl)nn1. The van der Waals surface area contributed by atoms with Crippen molar-refractivity contribution in [3.05, 3.63) is 46.5 Å². The summed E-state index contributed by atoms with van der Waals surface area (Å²) in [5.74, 6) is -0.842. The van der Waals surface area contributed by atoms with Gasteiger partial charge in [0.05, 0.1) is 12.7 Å². The second kappa shape index (κ2) is 5.90. The lowest BCUT2D eigenvalue weighted by molar-refractivity contribution is 0.0987. The molecule has 0 amide bonds. The minimum Gasteiger partial charge on any atom is -0.329 e. The highest BCUT2D eigenvalue weighted by Crippen LogP contribution is 2.20. The van der Waals surface area contributed by atoms with E-state index in [0.717, 1.165) is 0 Å². The topological polar surface area (TPSA) is 73.8 Å². The summed E-state index contributed by atoms with van der Waals surface area (Å²) in [6.07, 6.45) is 1.34. The zero-order valence-electron chi connectivity index (χ0n) is 10.0. The molecule has 2 rings (SSSR count). The highest BCUT2D eigenvalue weighted by molar-refractivity contribution is 6.31. The van der Waals surface area contributed by atoms with E-state index in [4.69, 9.17) is 17.3 Å². The maximum atomic E-state index is 13.6. The van der Waals surface area contributed by atoms with Gasteiger partial charge in [-0.2, -0.15) is 0 Å². The molecule has 0 aliphatic carbocycles. The first kappa shape index (κ1) is 13.6. The van der Waals surface area contributed by atoms with Crippen LogP contribution < -0.4 is 5.73 Å². The highest BCUT2D eigenvalue weighted by Gasteiger charge is 2.16. The molecular formula is C12H12ClFN4O. The van der Waals surface area contributed by atoms with Crippen molar-refractivity contribution >= 4 is 17.4 Å². The fraction of sp³-hybridized carbons (Fsp3) is 0.250. The van der Waals surface area contributed by atoms with E-state index in [0.29, 0.717) is 13.1 Å². The van der Waals surface area contributed by atoms with E-state index in [2.05, 4.69) is 10.3 Å². The molecule has 0 bridgehead atoms. The average molecular weight is 283 g/mol. The smallest absolute Gasteiger partial charge is 0.189 e. The standard InChI is InChI=1S/C12H12ClFN4O/c13-9-2-1-3-10(14)8(9)6-12(19)11-7-18(5-4-15)17-16-11/h1-3,7H,4-6,15H2. The summed E-state index contributed by atoms with van der Waals surface area (Å²) in [6.45, 7) is 0.872. The molecule has 0 saturated heterocycles. The van der Waals surface area contributed by atoms with Gasteiger partial charge in [-0.1, -0.05) is 22.9 Å². The molecule has 100 valence electrons. The molecule has 2 N–H and O–H groups in total. The first-order chi connectivity index (χ1) is 9.11. The quantitative estimate of drug-likeness (QED) is 0.843. The molecule has 0 fully saturated rings. The summed E-state index contributed by atoms with van der Waals surface area (Å²) in [6, 6.07) is 4.29. The fourth-order valence-electron chi connectivity index (χ4n) is 1.62. The number of carbonyl (C=O) groups excluding carboxylic acids is 1. The van der Waals surface area contributed by atoms with E-state index in [-0.39, 0.29) is 28.5 Å². The van der Waals surface area contributed by atoms with Crippen molar-refractivity contribution in [2.24, 2.45) is 5.73 Å². The van der Waals surface area contributed by atoms with Crippen LogP contribution in [0.15, 0.2) is 24.4 Å². The third kappa shape index (κ3) is 3.15. The van der Waals surface area contributed by atoms with Crippen LogP contribution in [-0.2, 0) is 13.0 Å². The molecule has 2 aromatic rings. The average Bonchev–Trinajstić information content (AvgIpc) is 2.83.